The molecule has 154 valence electrons. The molecule has 1 aliphatic heterocycles. The first kappa shape index (κ1) is 20.8. The smallest absolute Gasteiger partial charge is 0.264 e. The highest BCUT2D eigenvalue weighted by Crippen LogP contribution is 2.34. The predicted molar refractivity (Wildman–Crippen MR) is 105 cm³/mol. The zero-order chi connectivity index (χ0) is 21.2. The van der Waals surface area contributed by atoms with Gasteiger partial charge in [0.2, 0.25) is 0 Å². The van der Waals surface area contributed by atoms with E-state index in [0.717, 1.165) is 0 Å². The van der Waals surface area contributed by atoms with Crippen molar-refractivity contribution in [2.75, 3.05) is 32.6 Å². The van der Waals surface area contributed by atoms with Crippen LogP contribution in [-0.4, -0.2) is 58.6 Å². The van der Waals surface area contributed by atoms with Gasteiger partial charge in [0.15, 0.2) is 6.10 Å². The molecule has 10 heteroatoms. The lowest BCUT2D eigenvalue weighted by Gasteiger charge is -2.34. The first-order valence-electron chi connectivity index (χ1n) is 8.72. The molecule has 2 amide bonds. The van der Waals surface area contributed by atoms with Crippen LogP contribution in [0.1, 0.15) is 10.4 Å². The Labute approximate surface area is 168 Å². The summed E-state index contributed by atoms with van der Waals surface area (Å²) in [6, 6.07) is 12.5. The molecule has 0 unspecified atom stereocenters. The lowest BCUT2D eigenvalue weighted by atomic mass is 10.1. The fraction of sp³-hybridized carbons (Fsp3) is 0.263. The monoisotopic (exact) mass is 419 g/mol. The number of nitrogens with zero attached hydrogens (tertiary/aromatic N) is 2. The fourth-order valence-electron chi connectivity index (χ4n) is 2.92. The molecular formula is C19H21N3O6S. The summed E-state index contributed by atoms with van der Waals surface area (Å²) in [5.74, 6) is -0.425. The Kier molecular flexibility index (Phi) is 5.87. The number of hydrogen-bond acceptors (Lipinski definition) is 6. The zero-order valence-corrected chi connectivity index (χ0v) is 17.0. The van der Waals surface area contributed by atoms with Gasteiger partial charge in [-0.05, 0) is 30.3 Å². The molecule has 1 aliphatic rings. The number of hydroxylamine groups is 1. The first-order valence-corrected chi connectivity index (χ1v) is 10.2. The zero-order valence-electron chi connectivity index (χ0n) is 16.2. The Morgan fingerprint density at radius 1 is 1.21 bits per heavy atom. The van der Waals surface area contributed by atoms with E-state index < -0.39 is 22.0 Å². The van der Waals surface area contributed by atoms with Crippen LogP contribution in [0.15, 0.2) is 53.4 Å². The second-order valence-electron chi connectivity index (χ2n) is 6.23. The van der Waals surface area contributed by atoms with E-state index >= 15 is 0 Å². The molecule has 0 spiro atoms. The number of sulfonamides is 1. The van der Waals surface area contributed by atoms with Crippen molar-refractivity contribution < 1.29 is 27.6 Å². The number of carbonyl (C=O) groups excluding carboxylic acids is 2. The van der Waals surface area contributed by atoms with E-state index in [1.54, 1.807) is 24.3 Å². The van der Waals surface area contributed by atoms with Gasteiger partial charge >= 0.3 is 0 Å². The summed E-state index contributed by atoms with van der Waals surface area (Å²) in [6.07, 6.45) is -0.884. The van der Waals surface area contributed by atoms with Gasteiger partial charge in [0, 0.05) is 19.7 Å². The van der Waals surface area contributed by atoms with Gasteiger partial charge < -0.3 is 15.0 Å². The third-order valence-electron chi connectivity index (χ3n) is 4.53. The van der Waals surface area contributed by atoms with Crippen molar-refractivity contribution in [2.45, 2.75) is 11.0 Å². The van der Waals surface area contributed by atoms with Crippen molar-refractivity contribution in [3.05, 3.63) is 54.1 Å². The number of para-hydroxylation sites is 2. The molecule has 0 saturated heterocycles. The Hall–Kier alpha value is -2.95. The van der Waals surface area contributed by atoms with Crippen LogP contribution in [0.5, 0.6) is 5.75 Å². The average molecular weight is 419 g/mol. The first-order chi connectivity index (χ1) is 13.8. The van der Waals surface area contributed by atoms with E-state index in [4.69, 9.17) is 9.57 Å². The Balaban J connectivity index is 2.00. The third kappa shape index (κ3) is 3.95. The molecule has 0 bridgehead atoms. The normalized spacial score (nSPS) is 16.1. The van der Waals surface area contributed by atoms with Gasteiger partial charge in [-0.1, -0.05) is 22.7 Å². The van der Waals surface area contributed by atoms with Crippen LogP contribution in [0.3, 0.4) is 0 Å². The van der Waals surface area contributed by atoms with E-state index in [9.17, 15) is 18.0 Å². The number of anilines is 1. The minimum Gasteiger partial charge on any atom is -0.477 e. The van der Waals surface area contributed by atoms with Crippen molar-refractivity contribution in [1.82, 2.24) is 9.79 Å². The Morgan fingerprint density at radius 2 is 1.93 bits per heavy atom. The molecule has 1 N–H and O–H groups in total. The molecular weight excluding hydrogens is 398 g/mol. The number of nitrogens with one attached hydrogen (secondary N) is 1. The van der Waals surface area contributed by atoms with E-state index in [-0.39, 0.29) is 22.9 Å². The second-order valence-corrected chi connectivity index (χ2v) is 8.17. The number of rotatable bonds is 5. The van der Waals surface area contributed by atoms with Crippen LogP contribution < -0.4 is 15.0 Å². The molecule has 0 radical (unpaired) electrons. The summed E-state index contributed by atoms with van der Waals surface area (Å²) in [7, 11) is 0.0644. The van der Waals surface area contributed by atoms with Crippen LogP contribution in [0, 0.1) is 0 Å². The molecule has 1 atom stereocenters. The highest BCUT2D eigenvalue weighted by Gasteiger charge is 2.34. The van der Waals surface area contributed by atoms with Crippen molar-refractivity contribution in [2.24, 2.45) is 0 Å². The van der Waals surface area contributed by atoms with Gasteiger partial charge in [0.05, 0.1) is 24.2 Å². The Morgan fingerprint density at radius 3 is 2.62 bits per heavy atom. The number of carbonyl (C=O) groups is 2. The highest BCUT2D eigenvalue weighted by molar-refractivity contribution is 7.89. The summed E-state index contributed by atoms with van der Waals surface area (Å²) in [6.45, 7) is -0.00945. The van der Waals surface area contributed by atoms with Crippen LogP contribution >= 0.6 is 0 Å². The summed E-state index contributed by atoms with van der Waals surface area (Å²) in [5.41, 5.74) is 0.655. The fourth-order valence-corrected chi connectivity index (χ4v) is 3.94. The molecule has 9 nitrogen and oxygen atoms in total. The Bertz CT molecular complexity index is 1040. The topological polar surface area (TPSA) is 105 Å². The van der Waals surface area contributed by atoms with E-state index in [1.165, 1.54) is 50.4 Å². The van der Waals surface area contributed by atoms with E-state index in [1.807, 2.05) is 0 Å². The van der Waals surface area contributed by atoms with Crippen molar-refractivity contribution in [3.63, 3.8) is 0 Å². The van der Waals surface area contributed by atoms with Crippen LogP contribution in [-0.2, 0) is 19.7 Å². The lowest BCUT2D eigenvalue weighted by Crippen LogP contribution is -2.50. The highest BCUT2D eigenvalue weighted by atomic mass is 32.2. The SMILES string of the molecule is CNC(=O)[C@@H]1CN(C(=O)c2cccc(S(=O)(=O)N(C)OC)c2)c2ccccc2O1. The molecule has 0 aromatic heterocycles. The number of amides is 2. The molecule has 0 fully saturated rings. The summed E-state index contributed by atoms with van der Waals surface area (Å²) in [4.78, 5) is 31.4. The maximum absolute atomic E-state index is 13.2. The van der Waals surface area contributed by atoms with Gasteiger partial charge in [-0.3, -0.25) is 14.4 Å². The molecule has 2 aromatic rings. The number of likely N-dealkylation sites (N-methyl/N-ethyl adjacent to an activating group) is 1. The molecule has 3 rings (SSSR count). The number of ether oxygens (including phenoxy) is 1. The van der Waals surface area contributed by atoms with Crippen molar-refractivity contribution in [3.8, 4) is 5.75 Å². The molecule has 0 saturated carbocycles. The van der Waals surface area contributed by atoms with Gasteiger partial charge in [0.1, 0.15) is 5.75 Å². The quantitative estimate of drug-likeness (QED) is 0.726. The molecule has 29 heavy (non-hydrogen) atoms. The third-order valence-corrected chi connectivity index (χ3v) is 6.21. The molecule has 2 aromatic carbocycles. The number of hydrogen-bond donors (Lipinski definition) is 1. The van der Waals surface area contributed by atoms with Gasteiger partial charge in [-0.25, -0.2) is 8.42 Å². The largest absolute Gasteiger partial charge is 0.477 e. The standard InChI is InChI=1S/C19H21N3O6S/c1-20-18(23)17-12-22(15-9-4-5-10-16(15)28-17)19(24)13-7-6-8-14(11-13)29(25,26)21(2)27-3/h4-11,17H,12H2,1-3H3,(H,20,23)/t17-/m0/s1. The van der Waals surface area contributed by atoms with Crippen LogP contribution in [0.25, 0.3) is 0 Å². The maximum atomic E-state index is 13.2. The summed E-state index contributed by atoms with van der Waals surface area (Å²) < 4.78 is 31.4. The maximum Gasteiger partial charge on any atom is 0.264 e. The van der Waals surface area contributed by atoms with Crippen LogP contribution in [0.4, 0.5) is 5.69 Å². The average Bonchev–Trinajstić information content (AvgIpc) is 2.76. The van der Waals surface area contributed by atoms with Gasteiger partial charge in [-0.15, -0.1) is 0 Å². The minimum absolute atomic E-state index is 0.00945. The second kappa shape index (κ2) is 8.19. The van der Waals surface area contributed by atoms with Gasteiger partial charge in [-0.2, -0.15) is 0 Å². The number of fused-ring (bicyclic) bond motifs is 1. The number of benzene rings is 2. The summed E-state index contributed by atoms with van der Waals surface area (Å²) >= 11 is 0. The summed E-state index contributed by atoms with van der Waals surface area (Å²) in [5, 5.41) is 2.51. The molecule has 1 heterocycles. The van der Waals surface area contributed by atoms with E-state index in [0.29, 0.717) is 15.9 Å². The van der Waals surface area contributed by atoms with Crippen LogP contribution in [0.2, 0.25) is 0 Å². The predicted octanol–water partition coefficient (Wildman–Crippen LogP) is 1.02. The molecule has 0 aliphatic carbocycles. The van der Waals surface area contributed by atoms with E-state index in [2.05, 4.69) is 5.32 Å². The van der Waals surface area contributed by atoms with Crippen molar-refractivity contribution >= 4 is 27.5 Å². The lowest BCUT2D eigenvalue weighted by molar-refractivity contribution is -0.127. The minimum atomic E-state index is -3.91. The van der Waals surface area contributed by atoms with Crippen molar-refractivity contribution in [1.29, 1.82) is 0 Å². The van der Waals surface area contributed by atoms with Gasteiger partial charge in [0.25, 0.3) is 21.8 Å².